The first-order chi connectivity index (χ1) is 17.3. The Balaban J connectivity index is 1.77. The smallest absolute Gasteiger partial charge is 0.265 e. The molecule has 2 heterocycles. The SMILES string of the molecule is COc1cc2c(cc1C)sc(C=C1Sc3ccc(Cl)cc3N1CCCS(=O)(=O)O)[n+]2CCCS(=O)(=O)O. The lowest BCUT2D eigenvalue weighted by atomic mass is 10.2. The molecule has 3 aromatic rings. The van der Waals surface area contributed by atoms with Crippen LogP contribution in [0.1, 0.15) is 23.4 Å². The Bertz CT molecular complexity index is 1580. The normalized spacial score (nSPS) is 15.1. The average Bonchev–Trinajstić information content (AvgIpc) is 3.28. The third-order valence-corrected chi connectivity index (χ3v) is 9.81. The minimum absolute atomic E-state index is 0.208. The number of hydrogen-bond donors (Lipinski definition) is 2. The van der Waals surface area contributed by atoms with Crippen molar-refractivity contribution in [1.29, 1.82) is 0 Å². The molecule has 37 heavy (non-hydrogen) atoms. The van der Waals surface area contributed by atoms with Gasteiger partial charge in [0.2, 0.25) is 5.52 Å². The van der Waals surface area contributed by atoms with Crippen molar-refractivity contribution in [2.45, 2.75) is 31.2 Å². The maximum atomic E-state index is 11.3. The minimum Gasteiger partial charge on any atom is -0.496 e. The van der Waals surface area contributed by atoms with Crippen LogP contribution in [0.2, 0.25) is 5.02 Å². The Hall–Kier alpha value is -1.87. The molecule has 1 aliphatic rings. The lowest BCUT2D eigenvalue weighted by molar-refractivity contribution is -0.668. The largest absolute Gasteiger partial charge is 0.496 e. The first kappa shape index (κ1) is 28.1. The van der Waals surface area contributed by atoms with Crippen LogP contribution in [0.15, 0.2) is 40.3 Å². The van der Waals surface area contributed by atoms with Crippen LogP contribution in [0.3, 0.4) is 0 Å². The van der Waals surface area contributed by atoms with Crippen LogP contribution in [0, 0.1) is 6.92 Å². The number of aryl methyl sites for hydroxylation is 2. The molecule has 1 aliphatic heterocycles. The number of nitrogens with zero attached hydrogens (tertiary/aromatic N) is 2. The molecule has 9 nitrogen and oxygen atoms in total. The zero-order valence-electron chi connectivity index (χ0n) is 20.0. The Kier molecular flexibility index (Phi) is 8.43. The maximum absolute atomic E-state index is 11.3. The van der Waals surface area contributed by atoms with Gasteiger partial charge in [-0.2, -0.15) is 21.4 Å². The van der Waals surface area contributed by atoms with E-state index in [-0.39, 0.29) is 24.3 Å². The van der Waals surface area contributed by atoms with Gasteiger partial charge in [-0.1, -0.05) is 34.7 Å². The summed E-state index contributed by atoms with van der Waals surface area (Å²) in [5.74, 6) is -0.0247. The van der Waals surface area contributed by atoms with E-state index in [1.165, 1.54) is 23.1 Å². The van der Waals surface area contributed by atoms with Crippen molar-refractivity contribution >= 4 is 76.9 Å². The van der Waals surface area contributed by atoms with Crippen molar-refractivity contribution in [3.8, 4) is 5.75 Å². The summed E-state index contributed by atoms with van der Waals surface area (Å²) in [4.78, 5) is 2.93. The molecule has 0 radical (unpaired) electrons. The van der Waals surface area contributed by atoms with Crippen molar-refractivity contribution in [3.05, 3.63) is 51.0 Å². The van der Waals surface area contributed by atoms with Gasteiger partial charge in [0.15, 0.2) is 6.54 Å². The van der Waals surface area contributed by atoms with Gasteiger partial charge in [-0.25, -0.2) is 0 Å². The quantitative estimate of drug-likeness (QED) is 0.251. The van der Waals surface area contributed by atoms with Gasteiger partial charge in [-0.3, -0.25) is 9.11 Å². The number of rotatable bonds is 10. The van der Waals surface area contributed by atoms with E-state index in [4.69, 9.17) is 16.3 Å². The molecule has 2 N–H and O–H groups in total. The summed E-state index contributed by atoms with van der Waals surface area (Å²) in [7, 11) is -6.61. The van der Waals surface area contributed by atoms with Crippen molar-refractivity contribution in [2.75, 3.05) is 30.1 Å². The zero-order valence-corrected chi connectivity index (χ0v) is 24.1. The van der Waals surface area contributed by atoms with Gasteiger partial charge in [-0.05, 0) is 43.2 Å². The topological polar surface area (TPSA) is 125 Å². The molecule has 0 fully saturated rings. The number of halogens is 1. The van der Waals surface area contributed by atoms with E-state index in [1.54, 1.807) is 13.2 Å². The van der Waals surface area contributed by atoms with Crippen LogP contribution in [0.25, 0.3) is 16.3 Å². The highest BCUT2D eigenvalue weighted by molar-refractivity contribution is 8.04. The molecule has 0 aliphatic carbocycles. The standard InChI is InChI=1S/C23H25ClN2O7S4/c1-15-11-21-18(13-19(15)33-2)26(8-4-10-37(30,31)32)23(35-21)14-22-25(7-3-9-36(27,28)29)17-12-16(24)5-6-20(17)34-22/h5-6,11-14H,3-4,7-10H2,1-2H3,(H-,27,28,29,30,31,32)/p+1. The van der Waals surface area contributed by atoms with E-state index < -0.39 is 20.2 Å². The maximum Gasteiger partial charge on any atom is 0.265 e. The van der Waals surface area contributed by atoms with Gasteiger partial charge in [0.25, 0.3) is 25.2 Å². The van der Waals surface area contributed by atoms with Crippen molar-refractivity contribution in [2.24, 2.45) is 0 Å². The fourth-order valence-electron chi connectivity index (χ4n) is 4.12. The monoisotopic (exact) mass is 605 g/mol. The summed E-state index contributed by atoms with van der Waals surface area (Å²) >= 11 is 9.29. The van der Waals surface area contributed by atoms with Gasteiger partial charge in [0.1, 0.15) is 10.4 Å². The Morgan fingerprint density at radius 3 is 2.46 bits per heavy atom. The molecular formula is C23H26ClN2O7S4+. The van der Waals surface area contributed by atoms with E-state index in [9.17, 15) is 25.9 Å². The van der Waals surface area contributed by atoms with Gasteiger partial charge in [0.05, 0.1) is 41.5 Å². The first-order valence-electron chi connectivity index (χ1n) is 11.2. The van der Waals surface area contributed by atoms with E-state index in [0.29, 0.717) is 23.9 Å². The number of aromatic nitrogens is 1. The van der Waals surface area contributed by atoms with Crippen LogP contribution in [0.5, 0.6) is 5.75 Å². The molecule has 14 heteroatoms. The number of anilines is 1. The summed E-state index contributed by atoms with van der Waals surface area (Å²) < 4.78 is 72.2. The second kappa shape index (κ2) is 11.1. The van der Waals surface area contributed by atoms with Crippen LogP contribution in [-0.4, -0.2) is 51.1 Å². The number of methoxy groups -OCH3 is 1. The highest BCUT2D eigenvalue weighted by Crippen LogP contribution is 2.48. The summed E-state index contributed by atoms with van der Waals surface area (Å²) in [6, 6.07) is 9.43. The minimum atomic E-state index is -4.10. The number of fused-ring (bicyclic) bond motifs is 2. The molecule has 200 valence electrons. The van der Waals surface area contributed by atoms with Crippen molar-refractivity contribution < 1.29 is 35.2 Å². The predicted octanol–water partition coefficient (Wildman–Crippen LogP) is 4.63. The van der Waals surface area contributed by atoms with Gasteiger partial charge < -0.3 is 9.64 Å². The number of thiazole rings is 1. The molecule has 0 bridgehead atoms. The molecular weight excluding hydrogens is 580 g/mol. The molecule has 4 rings (SSSR count). The highest BCUT2D eigenvalue weighted by atomic mass is 35.5. The number of benzene rings is 2. The summed E-state index contributed by atoms with van der Waals surface area (Å²) in [6.07, 6.45) is 2.40. The third-order valence-electron chi connectivity index (χ3n) is 5.76. The molecule has 2 aromatic carbocycles. The van der Waals surface area contributed by atoms with E-state index >= 15 is 0 Å². The lowest BCUT2D eigenvalue weighted by Gasteiger charge is -2.20. The lowest BCUT2D eigenvalue weighted by Crippen LogP contribution is -2.36. The van der Waals surface area contributed by atoms with Crippen molar-refractivity contribution in [3.63, 3.8) is 0 Å². The molecule has 0 unspecified atom stereocenters. The Labute approximate surface area is 229 Å². The number of ether oxygens (including phenoxy) is 1. The number of thioether (sulfide) groups is 1. The molecule has 0 amide bonds. The first-order valence-corrected chi connectivity index (χ1v) is 16.5. The fraction of sp³-hybridized carbons (Fsp3) is 0.348. The third kappa shape index (κ3) is 6.96. The van der Waals surface area contributed by atoms with Crippen LogP contribution in [-0.2, 0) is 26.8 Å². The molecule has 0 atom stereocenters. The predicted molar refractivity (Wildman–Crippen MR) is 148 cm³/mol. The Morgan fingerprint density at radius 2 is 1.78 bits per heavy atom. The van der Waals surface area contributed by atoms with Crippen LogP contribution in [0.4, 0.5) is 5.69 Å². The number of hydrogen-bond acceptors (Lipinski definition) is 8. The van der Waals surface area contributed by atoms with Crippen LogP contribution < -0.4 is 14.2 Å². The summed E-state index contributed by atoms with van der Waals surface area (Å²) in [6.45, 7) is 2.63. The average molecular weight is 606 g/mol. The van der Waals surface area contributed by atoms with Gasteiger partial charge >= 0.3 is 0 Å². The van der Waals surface area contributed by atoms with Gasteiger partial charge in [-0.15, -0.1) is 0 Å². The van der Waals surface area contributed by atoms with E-state index in [1.807, 2.05) is 46.7 Å². The van der Waals surface area contributed by atoms with Crippen LogP contribution >= 0.6 is 34.7 Å². The second-order valence-corrected chi connectivity index (χ2v) is 14.2. The molecule has 1 aromatic heterocycles. The molecule has 0 saturated carbocycles. The van der Waals surface area contributed by atoms with E-state index in [2.05, 4.69) is 0 Å². The van der Waals surface area contributed by atoms with E-state index in [0.717, 1.165) is 36.4 Å². The van der Waals surface area contributed by atoms with Gasteiger partial charge in [0, 0.05) is 22.9 Å². The summed E-state index contributed by atoms with van der Waals surface area (Å²) in [5.41, 5.74) is 2.68. The van der Waals surface area contributed by atoms with Crippen molar-refractivity contribution in [1.82, 2.24) is 0 Å². The second-order valence-electron chi connectivity index (χ2n) is 8.51. The Morgan fingerprint density at radius 1 is 1.08 bits per heavy atom. The summed E-state index contributed by atoms with van der Waals surface area (Å²) in [5, 5.41) is 2.23. The molecule has 0 spiro atoms. The molecule has 0 saturated heterocycles. The highest BCUT2D eigenvalue weighted by Gasteiger charge is 2.29. The fourth-order valence-corrected chi connectivity index (χ4v) is 7.66. The zero-order chi connectivity index (χ0) is 27.0.